The van der Waals surface area contributed by atoms with Crippen molar-refractivity contribution >= 4 is 0 Å². The molecule has 0 bridgehead atoms. The Kier molecular flexibility index (Phi) is 4.21. The average Bonchev–Trinajstić information content (AvgIpc) is 2.82. The third kappa shape index (κ3) is 2.82. The molecule has 1 atom stereocenters. The van der Waals surface area contributed by atoms with Crippen molar-refractivity contribution in [3.05, 3.63) is 59.0 Å². The molecule has 0 aliphatic heterocycles. The molecule has 0 saturated heterocycles. The molecule has 0 spiro atoms. The van der Waals surface area contributed by atoms with Crippen molar-refractivity contribution < 1.29 is 4.42 Å². The maximum Gasteiger partial charge on any atom is 0.125 e. The van der Waals surface area contributed by atoms with E-state index >= 15 is 0 Å². The monoisotopic (exact) mass is 243 g/mol. The van der Waals surface area contributed by atoms with Gasteiger partial charge in [0.1, 0.15) is 11.5 Å². The van der Waals surface area contributed by atoms with Crippen molar-refractivity contribution in [2.45, 2.75) is 33.2 Å². The second kappa shape index (κ2) is 5.87. The van der Waals surface area contributed by atoms with Gasteiger partial charge in [-0.3, -0.25) is 0 Å². The van der Waals surface area contributed by atoms with Crippen molar-refractivity contribution in [1.82, 2.24) is 5.32 Å². The number of nitrogens with one attached hydrogen (secondary N) is 1. The first-order chi connectivity index (χ1) is 8.74. The molecule has 0 aliphatic carbocycles. The molecule has 0 fully saturated rings. The van der Waals surface area contributed by atoms with Crippen molar-refractivity contribution in [3.8, 4) is 0 Å². The zero-order valence-corrected chi connectivity index (χ0v) is 11.4. The van der Waals surface area contributed by atoms with E-state index in [2.05, 4.69) is 49.5 Å². The van der Waals surface area contributed by atoms with E-state index in [0.717, 1.165) is 24.5 Å². The minimum atomic E-state index is 0.148. The van der Waals surface area contributed by atoms with E-state index in [1.807, 2.05) is 13.0 Å². The number of hydrogen-bond acceptors (Lipinski definition) is 2. The quantitative estimate of drug-likeness (QED) is 0.863. The largest absolute Gasteiger partial charge is 0.464 e. The van der Waals surface area contributed by atoms with Crippen LogP contribution in [0.5, 0.6) is 0 Å². The Balaban J connectivity index is 2.28. The maximum atomic E-state index is 5.75. The maximum absolute atomic E-state index is 5.75. The Labute approximate surface area is 109 Å². The van der Waals surface area contributed by atoms with Gasteiger partial charge in [-0.05, 0) is 43.1 Å². The summed E-state index contributed by atoms with van der Waals surface area (Å²) in [6, 6.07) is 13.0. The van der Waals surface area contributed by atoms with Gasteiger partial charge in [-0.1, -0.05) is 38.1 Å². The highest BCUT2D eigenvalue weighted by Gasteiger charge is 2.16. The summed E-state index contributed by atoms with van der Waals surface area (Å²) < 4.78 is 5.75. The summed E-state index contributed by atoms with van der Waals surface area (Å²) in [6.07, 6.45) is 1.08. The molecule has 2 aromatic rings. The third-order valence-electron chi connectivity index (χ3n) is 3.18. The Hall–Kier alpha value is -1.54. The van der Waals surface area contributed by atoms with E-state index in [0.29, 0.717) is 0 Å². The lowest BCUT2D eigenvalue weighted by Crippen LogP contribution is -2.21. The van der Waals surface area contributed by atoms with Crippen LogP contribution in [0.2, 0.25) is 0 Å². The van der Waals surface area contributed by atoms with Crippen molar-refractivity contribution in [3.63, 3.8) is 0 Å². The van der Waals surface area contributed by atoms with Crippen LogP contribution in [0, 0.1) is 6.92 Å². The summed E-state index contributed by atoms with van der Waals surface area (Å²) in [7, 11) is 0. The molecular formula is C16H21NO. The molecule has 2 rings (SSSR count). The Morgan fingerprint density at radius 1 is 1.06 bits per heavy atom. The molecule has 2 heteroatoms. The minimum Gasteiger partial charge on any atom is -0.464 e. The molecule has 0 radical (unpaired) electrons. The Bertz CT molecular complexity index is 484. The van der Waals surface area contributed by atoms with Crippen LogP contribution in [-0.2, 0) is 6.42 Å². The standard InChI is InChI=1S/C16H21NO/c1-4-13-7-9-14(10-8-13)16(17-5-2)15-11-6-12(3)18-15/h6-11,16-17H,4-5H2,1-3H3. The molecule has 1 unspecified atom stereocenters. The van der Waals surface area contributed by atoms with Gasteiger partial charge in [-0.2, -0.15) is 0 Å². The topological polar surface area (TPSA) is 25.2 Å². The first kappa shape index (κ1) is 12.9. The molecule has 1 aromatic carbocycles. The van der Waals surface area contributed by atoms with Crippen LogP contribution in [0.25, 0.3) is 0 Å². The van der Waals surface area contributed by atoms with Gasteiger partial charge in [0.2, 0.25) is 0 Å². The number of benzene rings is 1. The lowest BCUT2D eigenvalue weighted by molar-refractivity contribution is 0.435. The van der Waals surface area contributed by atoms with Crippen LogP contribution in [0.15, 0.2) is 40.8 Å². The molecular weight excluding hydrogens is 222 g/mol. The van der Waals surface area contributed by atoms with Gasteiger partial charge in [0.25, 0.3) is 0 Å². The van der Waals surface area contributed by atoms with Crippen LogP contribution in [0.3, 0.4) is 0 Å². The highest BCUT2D eigenvalue weighted by Crippen LogP contribution is 2.24. The highest BCUT2D eigenvalue weighted by atomic mass is 16.3. The van der Waals surface area contributed by atoms with E-state index in [9.17, 15) is 0 Å². The fourth-order valence-electron chi connectivity index (χ4n) is 2.14. The van der Waals surface area contributed by atoms with Crippen LogP contribution in [0.4, 0.5) is 0 Å². The first-order valence-electron chi connectivity index (χ1n) is 6.63. The average molecular weight is 243 g/mol. The SMILES string of the molecule is CCNC(c1ccc(CC)cc1)c1ccc(C)o1. The molecule has 1 aromatic heterocycles. The predicted octanol–water partition coefficient (Wildman–Crippen LogP) is 3.85. The summed E-state index contributed by atoms with van der Waals surface area (Å²) in [4.78, 5) is 0. The zero-order chi connectivity index (χ0) is 13.0. The van der Waals surface area contributed by atoms with Gasteiger partial charge in [-0.15, -0.1) is 0 Å². The van der Waals surface area contributed by atoms with E-state index < -0.39 is 0 Å². The summed E-state index contributed by atoms with van der Waals surface area (Å²) in [5.74, 6) is 1.94. The number of rotatable bonds is 5. The number of aryl methyl sites for hydroxylation is 2. The highest BCUT2D eigenvalue weighted by molar-refractivity contribution is 5.30. The summed E-state index contributed by atoms with van der Waals surface area (Å²) in [5.41, 5.74) is 2.62. The van der Waals surface area contributed by atoms with Gasteiger partial charge < -0.3 is 9.73 Å². The van der Waals surface area contributed by atoms with Gasteiger partial charge in [0.15, 0.2) is 0 Å². The van der Waals surface area contributed by atoms with Gasteiger partial charge in [0, 0.05) is 0 Å². The van der Waals surface area contributed by atoms with Crippen LogP contribution >= 0.6 is 0 Å². The van der Waals surface area contributed by atoms with Crippen LogP contribution in [-0.4, -0.2) is 6.54 Å². The van der Waals surface area contributed by atoms with E-state index in [-0.39, 0.29) is 6.04 Å². The van der Waals surface area contributed by atoms with Crippen molar-refractivity contribution in [1.29, 1.82) is 0 Å². The fraction of sp³-hybridized carbons (Fsp3) is 0.375. The molecule has 0 aliphatic rings. The smallest absolute Gasteiger partial charge is 0.125 e. The first-order valence-corrected chi connectivity index (χ1v) is 6.63. The molecule has 18 heavy (non-hydrogen) atoms. The number of furan rings is 1. The summed E-state index contributed by atoms with van der Waals surface area (Å²) in [5, 5.41) is 3.47. The third-order valence-corrected chi connectivity index (χ3v) is 3.18. The Morgan fingerprint density at radius 3 is 2.28 bits per heavy atom. The Morgan fingerprint density at radius 2 is 1.78 bits per heavy atom. The van der Waals surface area contributed by atoms with Crippen molar-refractivity contribution in [2.24, 2.45) is 0 Å². The normalized spacial score (nSPS) is 12.6. The molecule has 2 nitrogen and oxygen atoms in total. The molecule has 1 N–H and O–H groups in total. The molecule has 1 heterocycles. The van der Waals surface area contributed by atoms with Gasteiger partial charge in [-0.25, -0.2) is 0 Å². The predicted molar refractivity (Wildman–Crippen MR) is 74.8 cm³/mol. The lowest BCUT2D eigenvalue weighted by atomic mass is 10.0. The van der Waals surface area contributed by atoms with Crippen LogP contribution < -0.4 is 5.32 Å². The number of hydrogen-bond donors (Lipinski definition) is 1. The van der Waals surface area contributed by atoms with Crippen molar-refractivity contribution in [2.75, 3.05) is 6.54 Å². The second-order valence-corrected chi connectivity index (χ2v) is 4.53. The molecule has 0 amide bonds. The fourth-order valence-corrected chi connectivity index (χ4v) is 2.14. The molecule has 0 saturated carbocycles. The lowest BCUT2D eigenvalue weighted by Gasteiger charge is -2.16. The molecule has 96 valence electrons. The van der Waals surface area contributed by atoms with E-state index in [1.165, 1.54) is 11.1 Å². The van der Waals surface area contributed by atoms with Crippen LogP contribution in [0.1, 0.15) is 42.5 Å². The van der Waals surface area contributed by atoms with E-state index in [1.54, 1.807) is 0 Å². The summed E-state index contributed by atoms with van der Waals surface area (Å²) >= 11 is 0. The second-order valence-electron chi connectivity index (χ2n) is 4.53. The summed E-state index contributed by atoms with van der Waals surface area (Å²) in [6.45, 7) is 7.18. The zero-order valence-electron chi connectivity index (χ0n) is 11.4. The van der Waals surface area contributed by atoms with E-state index in [4.69, 9.17) is 4.42 Å². The minimum absolute atomic E-state index is 0.148. The van der Waals surface area contributed by atoms with Gasteiger partial charge in [0.05, 0.1) is 6.04 Å². The van der Waals surface area contributed by atoms with Gasteiger partial charge >= 0.3 is 0 Å².